The Morgan fingerprint density at radius 1 is 1.32 bits per heavy atom. The maximum absolute atomic E-state index is 11.4. The van der Waals surface area contributed by atoms with E-state index in [9.17, 15) is 9.90 Å². The van der Waals surface area contributed by atoms with Crippen molar-refractivity contribution in [1.82, 2.24) is 0 Å². The maximum Gasteiger partial charge on any atom is 0.339 e. The van der Waals surface area contributed by atoms with E-state index in [0.29, 0.717) is 12.4 Å². The maximum atomic E-state index is 11.4. The van der Waals surface area contributed by atoms with Gasteiger partial charge in [-0.3, -0.25) is 0 Å². The number of carboxylic acids is 1. The van der Waals surface area contributed by atoms with Crippen LogP contribution >= 0.6 is 0 Å². The zero-order valence-electron chi connectivity index (χ0n) is 12.8. The summed E-state index contributed by atoms with van der Waals surface area (Å²) in [4.78, 5) is 11.4. The number of ether oxygens (including phenoxy) is 1. The van der Waals surface area contributed by atoms with E-state index in [1.165, 1.54) is 5.56 Å². The molecule has 3 nitrogen and oxygen atoms in total. The predicted octanol–water partition coefficient (Wildman–Crippen LogP) is 3.99. The van der Waals surface area contributed by atoms with Crippen molar-refractivity contribution < 1.29 is 14.6 Å². The summed E-state index contributed by atoms with van der Waals surface area (Å²) >= 11 is 0. The van der Waals surface area contributed by atoms with Crippen LogP contribution in [0.1, 0.15) is 54.7 Å². The molecule has 0 atom stereocenters. The second kappa shape index (κ2) is 5.64. The van der Waals surface area contributed by atoms with Crippen LogP contribution in [0, 0.1) is 19.3 Å². The summed E-state index contributed by atoms with van der Waals surface area (Å²) in [7, 11) is 0. The normalized spacial score (nSPS) is 11.5. The summed E-state index contributed by atoms with van der Waals surface area (Å²) in [6, 6.07) is 1.71. The topological polar surface area (TPSA) is 46.5 Å². The van der Waals surface area contributed by atoms with Crippen molar-refractivity contribution >= 4 is 5.97 Å². The minimum absolute atomic E-state index is 0.000518. The first kappa shape index (κ1) is 15.5. The van der Waals surface area contributed by atoms with Gasteiger partial charge in [0.25, 0.3) is 0 Å². The van der Waals surface area contributed by atoms with Gasteiger partial charge in [0, 0.05) is 0 Å². The fraction of sp³-hybridized carbons (Fsp3) is 0.562. The van der Waals surface area contributed by atoms with Crippen LogP contribution in [-0.4, -0.2) is 17.7 Å². The zero-order chi connectivity index (χ0) is 14.8. The number of hydrogen-bond donors (Lipinski definition) is 1. The number of rotatable bonds is 4. The van der Waals surface area contributed by atoms with E-state index < -0.39 is 5.97 Å². The number of hydrogen-bond acceptors (Lipinski definition) is 2. The van der Waals surface area contributed by atoms with Gasteiger partial charge in [-0.15, -0.1) is 0 Å². The Kier molecular flexibility index (Phi) is 4.61. The molecule has 0 aromatic heterocycles. The minimum Gasteiger partial charge on any atom is -0.492 e. The summed E-state index contributed by atoms with van der Waals surface area (Å²) in [5, 5.41) is 9.33. The van der Waals surface area contributed by atoms with Gasteiger partial charge in [0.05, 0.1) is 6.61 Å². The molecular formula is C16H24O3. The lowest BCUT2D eigenvalue weighted by Crippen LogP contribution is -2.19. The Bertz CT molecular complexity index is 482. The molecule has 0 bridgehead atoms. The quantitative estimate of drug-likeness (QED) is 0.894. The number of carbonyl (C=O) groups is 1. The van der Waals surface area contributed by atoms with E-state index in [4.69, 9.17) is 4.74 Å². The first-order chi connectivity index (χ1) is 8.67. The van der Waals surface area contributed by atoms with Gasteiger partial charge < -0.3 is 9.84 Å². The Balaban J connectivity index is 3.29. The third-order valence-corrected chi connectivity index (χ3v) is 3.11. The highest BCUT2D eigenvalue weighted by Gasteiger charge is 2.20. The van der Waals surface area contributed by atoms with Crippen LogP contribution in [0.5, 0.6) is 5.75 Å². The highest BCUT2D eigenvalue weighted by atomic mass is 16.5. The van der Waals surface area contributed by atoms with E-state index in [2.05, 4.69) is 27.7 Å². The second-order valence-electron chi connectivity index (χ2n) is 6.18. The molecule has 0 aliphatic rings. The van der Waals surface area contributed by atoms with E-state index in [0.717, 1.165) is 17.5 Å². The highest BCUT2D eigenvalue weighted by Crippen LogP contribution is 2.31. The van der Waals surface area contributed by atoms with E-state index in [-0.39, 0.29) is 11.0 Å². The average molecular weight is 264 g/mol. The summed E-state index contributed by atoms with van der Waals surface area (Å²) in [5.74, 6) is -0.414. The van der Waals surface area contributed by atoms with Crippen LogP contribution in [0.3, 0.4) is 0 Å². The third-order valence-electron chi connectivity index (χ3n) is 3.11. The standard InChI is InChI=1S/C16H24O3/c1-7-12-10(2)8-13(15(17)18)14(11(12)3)19-9-16(4,5)6/h8H,7,9H2,1-6H3,(H,17,18). The minimum atomic E-state index is -0.933. The van der Waals surface area contributed by atoms with Crippen molar-refractivity contribution in [1.29, 1.82) is 0 Å². The Hall–Kier alpha value is -1.51. The van der Waals surface area contributed by atoms with Gasteiger partial charge in [0.1, 0.15) is 11.3 Å². The molecule has 0 spiro atoms. The molecule has 0 fully saturated rings. The summed E-state index contributed by atoms with van der Waals surface area (Å²) < 4.78 is 5.81. The first-order valence-corrected chi connectivity index (χ1v) is 6.66. The molecule has 19 heavy (non-hydrogen) atoms. The van der Waals surface area contributed by atoms with Gasteiger partial charge in [0.2, 0.25) is 0 Å². The van der Waals surface area contributed by atoms with Crippen LogP contribution in [0.25, 0.3) is 0 Å². The SMILES string of the molecule is CCc1c(C)cc(C(=O)O)c(OCC(C)(C)C)c1C. The Labute approximate surface area is 115 Å². The Morgan fingerprint density at radius 2 is 1.89 bits per heavy atom. The van der Waals surface area contributed by atoms with Crippen molar-refractivity contribution in [3.8, 4) is 5.75 Å². The summed E-state index contributed by atoms with van der Waals surface area (Å²) in [6.07, 6.45) is 0.878. The predicted molar refractivity (Wildman–Crippen MR) is 77.2 cm³/mol. The molecular weight excluding hydrogens is 240 g/mol. The van der Waals surface area contributed by atoms with Crippen molar-refractivity contribution in [3.63, 3.8) is 0 Å². The summed E-state index contributed by atoms with van der Waals surface area (Å²) in [5.41, 5.74) is 3.40. The number of benzene rings is 1. The summed E-state index contributed by atoms with van der Waals surface area (Å²) in [6.45, 7) is 12.7. The second-order valence-corrected chi connectivity index (χ2v) is 6.18. The van der Waals surface area contributed by atoms with Gasteiger partial charge >= 0.3 is 5.97 Å². The van der Waals surface area contributed by atoms with Crippen molar-refractivity contribution in [2.45, 2.75) is 48.0 Å². The van der Waals surface area contributed by atoms with Crippen molar-refractivity contribution in [2.24, 2.45) is 5.41 Å². The number of aryl methyl sites for hydroxylation is 1. The molecule has 0 aliphatic carbocycles. The van der Waals surface area contributed by atoms with Crippen LogP contribution in [0.4, 0.5) is 0 Å². The van der Waals surface area contributed by atoms with Crippen molar-refractivity contribution in [3.05, 3.63) is 28.3 Å². The number of carboxylic acid groups (broad SMARTS) is 1. The lowest BCUT2D eigenvalue weighted by molar-refractivity contribution is 0.0689. The van der Waals surface area contributed by atoms with Crippen LogP contribution in [0.2, 0.25) is 0 Å². The van der Waals surface area contributed by atoms with Gasteiger partial charge in [-0.2, -0.15) is 0 Å². The third kappa shape index (κ3) is 3.72. The monoisotopic (exact) mass is 264 g/mol. The lowest BCUT2D eigenvalue weighted by atomic mass is 9.95. The molecule has 0 saturated heterocycles. The molecule has 0 radical (unpaired) electrons. The van der Waals surface area contributed by atoms with Crippen molar-refractivity contribution in [2.75, 3.05) is 6.61 Å². The average Bonchev–Trinajstić information content (AvgIpc) is 2.26. The largest absolute Gasteiger partial charge is 0.492 e. The zero-order valence-corrected chi connectivity index (χ0v) is 12.8. The van der Waals surface area contributed by atoms with E-state index in [1.54, 1.807) is 6.07 Å². The molecule has 1 rings (SSSR count). The molecule has 0 heterocycles. The molecule has 0 saturated carbocycles. The first-order valence-electron chi connectivity index (χ1n) is 6.66. The van der Waals surface area contributed by atoms with Gasteiger partial charge in [-0.1, -0.05) is 27.7 Å². The van der Waals surface area contributed by atoms with Gasteiger partial charge in [-0.25, -0.2) is 4.79 Å². The molecule has 0 amide bonds. The molecule has 1 aromatic rings. The molecule has 0 aliphatic heterocycles. The van der Waals surface area contributed by atoms with E-state index in [1.807, 2.05) is 13.8 Å². The fourth-order valence-electron chi connectivity index (χ4n) is 2.18. The van der Waals surface area contributed by atoms with Crippen LogP contribution < -0.4 is 4.74 Å². The van der Waals surface area contributed by atoms with Gasteiger partial charge in [-0.05, 0) is 48.4 Å². The van der Waals surface area contributed by atoms with Crippen LogP contribution in [-0.2, 0) is 6.42 Å². The van der Waals surface area contributed by atoms with Crippen LogP contribution in [0.15, 0.2) is 6.07 Å². The fourth-order valence-corrected chi connectivity index (χ4v) is 2.18. The molecule has 1 N–H and O–H groups in total. The van der Waals surface area contributed by atoms with Gasteiger partial charge in [0.15, 0.2) is 0 Å². The molecule has 3 heteroatoms. The number of aromatic carboxylic acids is 1. The smallest absolute Gasteiger partial charge is 0.339 e. The Morgan fingerprint density at radius 3 is 2.32 bits per heavy atom. The molecule has 106 valence electrons. The lowest BCUT2D eigenvalue weighted by Gasteiger charge is -2.22. The highest BCUT2D eigenvalue weighted by molar-refractivity contribution is 5.92. The van der Waals surface area contributed by atoms with E-state index >= 15 is 0 Å². The molecule has 0 unspecified atom stereocenters. The molecule has 1 aromatic carbocycles.